The predicted molar refractivity (Wildman–Crippen MR) is 61.6 cm³/mol. The van der Waals surface area contributed by atoms with Crippen LogP contribution in [0.4, 0.5) is 4.79 Å². The summed E-state index contributed by atoms with van der Waals surface area (Å²) in [5.74, 6) is 0.131. The topological polar surface area (TPSA) is 84.5 Å². The van der Waals surface area contributed by atoms with Crippen LogP contribution in [0.2, 0.25) is 0 Å². The lowest BCUT2D eigenvalue weighted by molar-refractivity contribution is 0.158. The van der Waals surface area contributed by atoms with Crippen LogP contribution in [-0.4, -0.2) is 33.0 Å². The molecule has 1 atom stereocenters. The average molecular weight is 273 g/mol. The number of amides is 1. The highest BCUT2D eigenvalue weighted by molar-refractivity contribution is 7.88. The summed E-state index contributed by atoms with van der Waals surface area (Å²) < 4.78 is 30.8. The lowest BCUT2D eigenvalue weighted by atomic mass is 10.1. The minimum absolute atomic E-state index is 0.0496. The third-order valence-corrected chi connectivity index (χ3v) is 3.33. The lowest BCUT2D eigenvalue weighted by Gasteiger charge is -2.14. The number of rotatable bonds is 6. The van der Waals surface area contributed by atoms with Gasteiger partial charge in [-0.25, -0.2) is 9.52 Å². The summed E-state index contributed by atoms with van der Waals surface area (Å²) in [5, 5.41) is -0.334. The highest BCUT2D eigenvalue weighted by Crippen LogP contribution is 2.07. The molecular formula is C8H17ClN2O4S. The molecule has 0 fully saturated rings. The summed E-state index contributed by atoms with van der Waals surface area (Å²) in [6.45, 7) is 5.46. The third-order valence-electron chi connectivity index (χ3n) is 1.68. The maximum Gasteiger partial charge on any atom is 0.421 e. The second kappa shape index (κ2) is 6.93. The van der Waals surface area contributed by atoms with Gasteiger partial charge in [-0.15, -0.1) is 11.6 Å². The van der Waals surface area contributed by atoms with Crippen molar-refractivity contribution in [2.45, 2.75) is 26.1 Å². The first-order valence-corrected chi connectivity index (χ1v) is 6.78. The van der Waals surface area contributed by atoms with Crippen LogP contribution in [0.15, 0.2) is 0 Å². The van der Waals surface area contributed by atoms with E-state index in [-0.39, 0.29) is 24.4 Å². The van der Waals surface area contributed by atoms with Gasteiger partial charge in [-0.05, 0) is 12.8 Å². The Morgan fingerprint density at radius 1 is 1.44 bits per heavy atom. The summed E-state index contributed by atoms with van der Waals surface area (Å²) in [5.41, 5.74) is 0. The van der Waals surface area contributed by atoms with E-state index in [1.807, 2.05) is 13.8 Å². The van der Waals surface area contributed by atoms with E-state index in [2.05, 4.69) is 9.46 Å². The molecule has 0 saturated heterocycles. The van der Waals surface area contributed by atoms with Crippen molar-refractivity contribution < 1.29 is 17.9 Å². The molecular weight excluding hydrogens is 256 g/mol. The fourth-order valence-corrected chi connectivity index (χ4v) is 1.65. The number of carbonyl (C=O) groups is 1. The Bertz CT molecular complexity index is 318. The molecule has 2 N–H and O–H groups in total. The van der Waals surface area contributed by atoms with Crippen LogP contribution in [0, 0.1) is 5.92 Å². The van der Waals surface area contributed by atoms with E-state index in [1.165, 1.54) is 0 Å². The van der Waals surface area contributed by atoms with Crippen molar-refractivity contribution in [1.29, 1.82) is 0 Å². The Kier molecular flexibility index (Phi) is 6.70. The third kappa shape index (κ3) is 6.86. The van der Waals surface area contributed by atoms with E-state index in [1.54, 1.807) is 11.6 Å². The molecule has 6 nitrogen and oxygen atoms in total. The van der Waals surface area contributed by atoms with E-state index in [9.17, 15) is 13.2 Å². The number of alkyl halides is 1. The molecule has 0 radical (unpaired) electrons. The Labute approximate surface area is 101 Å². The average Bonchev–Trinajstić information content (AvgIpc) is 2.13. The Balaban J connectivity index is 4.11. The first-order valence-electron chi connectivity index (χ1n) is 4.86. The summed E-state index contributed by atoms with van der Waals surface area (Å²) in [6, 6.07) is 0. The molecule has 0 heterocycles. The Morgan fingerprint density at radius 3 is 2.44 bits per heavy atom. The Morgan fingerprint density at radius 2 is 2.00 bits per heavy atom. The van der Waals surface area contributed by atoms with Gasteiger partial charge in [-0.2, -0.15) is 13.1 Å². The van der Waals surface area contributed by atoms with Crippen molar-refractivity contribution in [2.75, 3.05) is 13.2 Å². The van der Waals surface area contributed by atoms with Gasteiger partial charge in [0.1, 0.15) is 0 Å². The molecule has 0 aliphatic heterocycles. The molecule has 8 heteroatoms. The number of hydrogen-bond donors (Lipinski definition) is 2. The van der Waals surface area contributed by atoms with Gasteiger partial charge in [-0.3, -0.25) is 0 Å². The number of halogens is 1. The zero-order valence-electron chi connectivity index (χ0n) is 9.49. The quantitative estimate of drug-likeness (QED) is 0.702. The molecule has 0 rings (SSSR count). The Hall–Kier alpha value is -0.530. The monoisotopic (exact) mass is 272 g/mol. The highest BCUT2D eigenvalue weighted by atomic mass is 35.5. The molecule has 0 aliphatic carbocycles. The van der Waals surface area contributed by atoms with Crippen molar-refractivity contribution in [3.05, 3.63) is 0 Å². The molecule has 1 amide bonds. The van der Waals surface area contributed by atoms with E-state index < -0.39 is 16.3 Å². The fourth-order valence-electron chi connectivity index (χ4n) is 0.731. The molecule has 0 aliphatic rings. The minimum atomic E-state index is -3.89. The second-order valence-corrected chi connectivity index (χ2v) is 5.49. The molecule has 0 bridgehead atoms. The minimum Gasteiger partial charge on any atom is -0.449 e. The van der Waals surface area contributed by atoms with Crippen LogP contribution in [0.5, 0.6) is 0 Å². The molecule has 16 heavy (non-hydrogen) atoms. The normalized spacial score (nSPS) is 13.6. The van der Waals surface area contributed by atoms with Crippen molar-refractivity contribution >= 4 is 27.9 Å². The molecule has 96 valence electrons. The maximum absolute atomic E-state index is 11.3. The number of ether oxygens (including phenoxy) is 1. The molecule has 0 aromatic rings. The van der Waals surface area contributed by atoms with Crippen molar-refractivity contribution in [2.24, 2.45) is 5.92 Å². The van der Waals surface area contributed by atoms with Crippen molar-refractivity contribution in [3.63, 3.8) is 0 Å². The SMILES string of the molecule is CCOC(=O)NS(=O)(=O)NCC(Cl)C(C)C. The van der Waals surface area contributed by atoms with E-state index >= 15 is 0 Å². The van der Waals surface area contributed by atoms with E-state index in [0.717, 1.165) is 0 Å². The van der Waals surface area contributed by atoms with E-state index in [0.29, 0.717) is 0 Å². The van der Waals surface area contributed by atoms with E-state index in [4.69, 9.17) is 11.6 Å². The molecule has 1 unspecified atom stereocenters. The number of carbonyl (C=O) groups excluding carboxylic acids is 1. The van der Waals surface area contributed by atoms with Gasteiger partial charge in [0.25, 0.3) is 0 Å². The van der Waals surface area contributed by atoms with Crippen LogP contribution in [0.3, 0.4) is 0 Å². The smallest absolute Gasteiger partial charge is 0.421 e. The second-order valence-electron chi connectivity index (χ2n) is 3.43. The van der Waals surface area contributed by atoms with Crippen LogP contribution >= 0.6 is 11.6 Å². The van der Waals surface area contributed by atoms with Gasteiger partial charge in [-0.1, -0.05) is 13.8 Å². The first-order chi connectivity index (χ1) is 7.28. The zero-order valence-corrected chi connectivity index (χ0v) is 11.1. The molecule has 0 spiro atoms. The number of nitrogens with one attached hydrogen (secondary N) is 2. The molecule has 0 aromatic carbocycles. The highest BCUT2D eigenvalue weighted by Gasteiger charge is 2.17. The van der Waals surface area contributed by atoms with Crippen LogP contribution in [0.1, 0.15) is 20.8 Å². The van der Waals surface area contributed by atoms with Gasteiger partial charge >= 0.3 is 16.3 Å². The molecule has 0 aromatic heterocycles. The van der Waals surface area contributed by atoms with Crippen molar-refractivity contribution in [1.82, 2.24) is 9.44 Å². The van der Waals surface area contributed by atoms with Gasteiger partial charge in [0.2, 0.25) is 0 Å². The standard InChI is InChI=1S/C8H17ClN2O4S/c1-4-15-8(12)11-16(13,14)10-5-7(9)6(2)3/h6-7,10H,4-5H2,1-3H3,(H,11,12). The zero-order chi connectivity index (χ0) is 12.8. The van der Waals surface area contributed by atoms with Gasteiger partial charge in [0, 0.05) is 11.9 Å². The van der Waals surface area contributed by atoms with Gasteiger partial charge in [0.15, 0.2) is 0 Å². The summed E-state index contributed by atoms with van der Waals surface area (Å²) >= 11 is 5.85. The summed E-state index contributed by atoms with van der Waals surface area (Å²) in [6.07, 6.45) is -1.01. The van der Waals surface area contributed by atoms with Crippen LogP contribution < -0.4 is 9.44 Å². The fraction of sp³-hybridized carbons (Fsp3) is 0.875. The largest absolute Gasteiger partial charge is 0.449 e. The molecule has 0 saturated carbocycles. The van der Waals surface area contributed by atoms with Crippen molar-refractivity contribution in [3.8, 4) is 0 Å². The maximum atomic E-state index is 11.3. The van der Waals surface area contributed by atoms with Crippen LogP contribution in [-0.2, 0) is 14.9 Å². The lowest BCUT2D eigenvalue weighted by Crippen LogP contribution is -2.43. The first kappa shape index (κ1) is 15.5. The van der Waals surface area contributed by atoms with Gasteiger partial charge < -0.3 is 4.74 Å². The summed E-state index contributed by atoms with van der Waals surface area (Å²) in [7, 11) is -3.89. The van der Waals surface area contributed by atoms with Crippen LogP contribution in [0.25, 0.3) is 0 Å². The van der Waals surface area contributed by atoms with Gasteiger partial charge in [0.05, 0.1) is 6.61 Å². The summed E-state index contributed by atoms with van der Waals surface area (Å²) in [4.78, 5) is 10.9. The predicted octanol–water partition coefficient (Wildman–Crippen LogP) is 0.830. The number of hydrogen-bond acceptors (Lipinski definition) is 4.